The number of nitrogens with zero attached hydrogens (tertiary/aromatic N) is 2. The van der Waals surface area contributed by atoms with E-state index in [0.29, 0.717) is 28.9 Å². The van der Waals surface area contributed by atoms with E-state index in [0.717, 1.165) is 12.1 Å². The largest absolute Gasteiger partial charge is 0.586 e. The van der Waals surface area contributed by atoms with Crippen molar-refractivity contribution in [3.8, 4) is 17.6 Å². The van der Waals surface area contributed by atoms with Gasteiger partial charge in [0.2, 0.25) is 0 Å². The molecule has 6 nitrogen and oxygen atoms in total. The molecule has 1 aromatic heterocycles. The molecule has 2 N–H and O–H groups in total. The fourth-order valence-corrected chi connectivity index (χ4v) is 3.28. The fourth-order valence-electron chi connectivity index (χ4n) is 3.28. The lowest BCUT2D eigenvalue weighted by Crippen LogP contribution is -2.26. The maximum Gasteiger partial charge on any atom is 0.586 e. The van der Waals surface area contributed by atoms with Crippen LogP contribution in [0, 0.1) is 11.3 Å². The van der Waals surface area contributed by atoms with E-state index in [1.54, 1.807) is 18.3 Å². The van der Waals surface area contributed by atoms with Crippen molar-refractivity contribution >= 4 is 5.82 Å². The number of para-hydroxylation sites is 1. The normalized spacial score (nSPS) is 20.0. The average molecular weight is 344 g/mol. The van der Waals surface area contributed by atoms with Crippen molar-refractivity contribution < 1.29 is 18.3 Å². The lowest BCUT2D eigenvalue weighted by Gasteiger charge is -2.26. The Kier molecular flexibility index (Phi) is 3.39. The first kappa shape index (κ1) is 15.4. The van der Waals surface area contributed by atoms with Crippen molar-refractivity contribution in [3.05, 3.63) is 46.8 Å². The smallest absolute Gasteiger partial charge is 0.395 e. The second-order valence-electron chi connectivity index (χ2n) is 5.85. The van der Waals surface area contributed by atoms with Gasteiger partial charge in [-0.25, -0.2) is 0 Å². The Hall–Kier alpha value is -3.08. The number of fused-ring (bicyclic) bond motifs is 2. The maximum atomic E-state index is 13.5. The number of alkyl halides is 2. The van der Waals surface area contributed by atoms with E-state index in [1.165, 1.54) is 6.07 Å². The summed E-state index contributed by atoms with van der Waals surface area (Å²) >= 11 is 0. The van der Waals surface area contributed by atoms with Gasteiger partial charge in [-0.2, -0.15) is 10.4 Å². The maximum absolute atomic E-state index is 13.5. The summed E-state index contributed by atoms with van der Waals surface area (Å²) in [6.45, 7) is 2.00. The SMILES string of the molecule is CCCC1=C(C#N)C(c2cccc3c2OC(F)(F)O3)c2cn[nH]c2N1. The van der Waals surface area contributed by atoms with Crippen LogP contribution in [0.5, 0.6) is 11.5 Å². The number of ether oxygens (including phenoxy) is 2. The predicted molar refractivity (Wildman–Crippen MR) is 84.2 cm³/mol. The Bertz CT molecular complexity index is 914. The molecule has 25 heavy (non-hydrogen) atoms. The van der Waals surface area contributed by atoms with Gasteiger partial charge in [0.15, 0.2) is 11.5 Å². The van der Waals surface area contributed by atoms with E-state index in [9.17, 15) is 14.0 Å². The summed E-state index contributed by atoms with van der Waals surface area (Å²) in [6, 6.07) is 6.91. The van der Waals surface area contributed by atoms with Crippen molar-refractivity contribution in [1.82, 2.24) is 10.2 Å². The Morgan fingerprint density at radius 3 is 2.92 bits per heavy atom. The summed E-state index contributed by atoms with van der Waals surface area (Å²) < 4.78 is 36.4. The first-order valence-electron chi connectivity index (χ1n) is 7.86. The molecule has 0 aliphatic carbocycles. The summed E-state index contributed by atoms with van der Waals surface area (Å²) in [6.07, 6.45) is -0.650. The number of nitriles is 1. The van der Waals surface area contributed by atoms with Gasteiger partial charge in [-0.05, 0) is 12.5 Å². The molecule has 4 rings (SSSR count). The molecule has 0 saturated carbocycles. The first-order chi connectivity index (χ1) is 12.0. The monoisotopic (exact) mass is 344 g/mol. The highest BCUT2D eigenvalue weighted by atomic mass is 19.3. The molecule has 128 valence electrons. The third kappa shape index (κ3) is 2.39. The number of aromatic amines is 1. The molecule has 2 aliphatic rings. The summed E-state index contributed by atoms with van der Waals surface area (Å²) in [5, 5.41) is 19.8. The van der Waals surface area contributed by atoms with Crippen LogP contribution >= 0.6 is 0 Å². The molecule has 0 radical (unpaired) electrons. The number of benzene rings is 1. The second-order valence-corrected chi connectivity index (χ2v) is 5.85. The molecule has 0 fully saturated rings. The fraction of sp³-hybridized carbons (Fsp3) is 0.294. The van der Waals surface area contributed by atoms with Crippen molar-refractivity contribution in [3.63, 3.8) is 0 Å². The number of H-pyrrole nitrogens is 1. The molecule has 0 saturated heterocycles. The van der Waals surface area contributed by atoms with Gasteiger partial charge in [0, 0.05) is 16.8 Å². The van der Waals surface area contributed by atoms with Crippen LogP contribution in [0.4, 0.5) is 14.6 Å². The van der Waals surface area contributed by atoms with Crippen LogP contribution in [0.25, 0.3) is 0 Å². The topological polar surface area (TPSA) is 83.0 Å². The van der Waals surface area contributed by atoms with Crippen LogP contribution in [0.3, 0.4) is 0 Å². The molecule has 1 unspecified atom stereocenters. The molecular weight excluding hydrogens is 330 g/mol. The lowest BCUT2D eigenvalue weighted by atomic mass is 9.82. The Labute approximate surface area is 142 Å². The summed E-state index contributed by atoms with van der Waals surface area (Å²) in [5.41, 5.74) is 2.35. The minimum Gasteiger partial charge on any atom is -0.395 e. The van der Waals surface area contributed by atoms with Crippen LogP contribution in [-0.2, 0) is 0 Å². The molecule has 1 atom stereocenters. The number of allylic oxidation sites excluding steroid dienone is 2. The highest BCUT2D eigenvalue weighted by Crippen LogP contribution is 2.50. The number of hydrogen-bond acceptors (Lipinski definition) is 5. The highest BCUT2D eigenvalue weighted by molar-refractivity contribution is 5.67. The van der Waals surface area contributed by atoms with E-state index in [2.05, 4.69) is 26.3 Å². The number of nitrogens with one attached hydrogen (secondary N) is 2. The molecule has 2 aromatic rings. The van der Waals surface area contributed by atoms with E-state index >= 15 is 0 Å². The van der Waals surface area contributed by atoms with E-state index in [1.807, 2.05) is 6.92 Å². The molecule has 2 aliphatic heterocycles. The zero-order chi connectivity index (χ0) is 17.6. The van der Waals surface area contributed by atoms with Gasteiger partial charge >= 0.3 is 6.29 Å². The zero-order valence-corrected chi connectivity index (χ0v) is 13.3. The third-order valence-corrected chi connectivity index (χ3v) is 4.26. The van der Waals surface area contributed by atoms with Gasteiger partial charge in [-0.1, -0.05) is 25.5 Å². The molecule has 0 amide bonds. The van der Waals surface area contributed by atoms with Crippen molar-refractivity contribution in [2.24, 2.45) is 0 Å². The van der Waals surface area contributed by atoms with Crippen LogP contribution in [0.2, 0.25) is 0 Å². The molecule has 3 heterocycles. The van der Waals surface area contributed by atoms with Crippen molar-refractivity contribution in [2.45, 2.75) is 32.0 Å². The number of halogens is 2. The number of rotatable bonds is 3. The number of hydrogen-bond donors (Lipinski definition) is 2. The summed E-state index contributed by atoms with van der Waals surface area (Å²) in [7, 11) is 0. The van der Waals surface area contributed by atoms with E-state index < -0.39 is 12.2 Å². The molecule has 0 spiro atoms. The van der Waals surface area contributed by atoms with Gasteiger partial charge in [0.1, 0.15) is 5.82 Å². The van der Waals surface area contributed by atoms with Gasteiger partial charge < -0.3 is 14.8 Å². The van der Waals surface area contributed by atoms with Crippen LogP contribution in [-0.4, -0.2) is 16.5 Å². The van der Waals surface area contributed by atoms with Crippen LogP contribution in [0.1, 0.15) is 36.8 Å². The van der Waals surface area contributed by atoms with Gasteiger partial charge in [0.05, 0.1) is 23.8 Å². The summed E-state index contributed by atoms with van der Waals surface area (Å²) in [4.78, 5) is 0. The Balaban J connectivity index is 1.91. The van der Waals surface area contributed by atoms with Gasteiger partial charge in [0.25, 0.3) is 0 Å². The Morgan fingerprint density at radius 2 is 2.16 bits per heavy atom. The van der Waals surface area contributed by atoms with Gasteiger partial charge in [-0.3, -0.25) is 5.10 Å². The number of anilines is 1. The van der Waals surface area contributed by atoms with E-state index in [-0.39, 0.29) is 11.5 Å². The Morgan fingerprint density at radius 1 is 1.32 bits per heavy atom. The number of aromatic nitrogens is 2. The predicted octanol–water partition coefficient (Wildman–Crippen LogP) is 3.87. The van der Waals surface area contributed by atoms with Crippen molar-refractivity contribution in [1.29, 1.82) is 5.26 Å². The molecule has 8 heteroatoms. The third-order valence-electron chi connectivity index (χ3n) is 4.26. The van der Waals surface area contributed by atoms with Crippen molar-refractivity contribution in [2.75, 3.05) is 5.32 Å². The lowest BCUT2D eigenvalue weighted by molar-refractivity contribution is -0.286. The van der Waals surface area contributed by atoms with Crippen LogP contribution in [0.15, 0.2) is 35.7 Å². The molecular formula is C17H14F2N4O2. The van der Waals surface area contributed by atoms with E-state index in [4.69, 9.17) is 4.74 Å². The standard InChI is InChI=1S/C17H14F2N4O2/c1-2-4-12-10(7-20)14(11-8-21-23-16(11)22-12)9-5-3-6-13-15(9)25-17(18,19)24-13/h3,5-6,8,14H,2,4H2,1H3,(H2,21,22,23). The minimum atomic E-state index is -3.71. The molecule has 1 aromatic carbocycles. The quantitative estimate of drug-likeness (QED) is 0.883. The minimum absolute atomic E-state index is 0.0413. The van der Waals surface area contributed by atoms with Crippen LogP contribution < -0.4 is 14.8 Å². The first-order valence-corrected chi connectivity index (χ1v) is 7.86. The molecule has 0 bridgehead atoms. The zero-order valence-electron chi connectivity index (χ0n) is 13.3. The summed E-state index contributed by atoms with van der Waals surface area (Å²) in [5.74, 6) is 0.000265. The second kappa shape index (κ2) is 5.48. The van der Waals surface area contributed by atoms with Gasteiger partial charge in [-0.15, -0.1) is 8.78 Å². The average Bonchev–Trinajstić information content (AvgIpc) is 3.15. The highest BCUT2D eigenvalue weighted by Gasteiger charge is 2.46.